The lowest BCUT2D eigenvalue weighted by Gasteiger charge is -2.40. The van der Waals surface area contributed by atoms with Crippen LogP contribution < -0.4 is 5.32 Å². The first-order chi connectivity index (χ1) is 16.0. The minimum Gasteiger partial charge on any atom is -0.312 e. The van der Waals surface area contributed by atoms with Crippen molar-refractivity contribution in [3.8, 4) is 0 Å². The lowest BCUT2D eigenvalue weighted by atomic mass is 9.69. The minimum atomic E-state index is 0.282. The molecule has 5 atom stereocenters. The third-order valence-electron chi connectivity index (χ3n) is 10.1. The molecule has 2 nitrogen and oxygen atoms in total. The molecule has 1 aliphatic heterocycles. The largest absolute Gasteiger partial charge is 0.312 e. The van der Waals surface area contributed by atoms with Crippen LogP contribution in [0, 0.1) is 41.4 Å². The lowest BCUT2D eigenvalue weighted by Crippen LogP contribution is -2.48. The first-order valence-electron chi connectivity index (χ1n) is 14.8. The van der Waals surface area contributed by atoms with Gasteiger partial charge in [0.15, 0.2) is 0 Å². The number of hydrogen-bond acceptors (Lipinski definition) is 2. The first kappa shape index (κ1) is 26.0. The average Bonchev–Trinajstić information content (AvgIpc) is 2.83. The summed E-state index contributed by atoms with van der Waals surface area (Å²) in [4.78, 5) is 2.76. The molecule has 0 radical (unpaired) electrons. The van der Waals surface area contributed by atoms with Gasteiger partial charge in [-0.15, -0.1) is 11.6 Å². The summed E-state index contributed by atoms with van der Waals surface area (Å²) >= 11 is 6.27. The molecule has 33 heavy (non-hydrogen) atoms. The second kappa shape index (κ2) is 12.8. The number of nitrogens with one attached hydrogen (secondary N) is 1. The maximum Gasteiger partial charge on any atom is 0.0516 e. The van der Waals surface area contributed by atoms with E-state index in [4.69, 9.17) is 11.6 Å². The Hall–Kier alpha value is -0.0500. The van der Waals surface area contributed by atoms with Crippen LogP contribution in [0.4, 0.5) is 0 Å². The maximum absolute atomic E-state index is 6.27. The van der Waals surface area contributed by atoms with E-state index in [-0.39, 0.29) is 5.38 Å². The third-order valence-corrected chi connectivity index (χ3v) is 10.4. The third kappa shape index (κ3) is 7.71. The summed E-state index contributed by atoms with van der Waals surface area (Å²) in [5.41, 5.74) is 0. The molecule has 190 valence electrons. The number of hydrogen-bond donors (Lipinski definition) is 1. The van der Waals surface area contributed by atoms with Crippen LogP contribution in [0.25, 0.3) is 0 Å². The Morgan fingerprint density at radius 3 is 2.27 bits per heavy atom. The number of likely N-dealkylation sites (tertiary alicyclic amines) is 1. The molecule has 4 aliphatic rings. The molecular weight excluding hydrogens is 424 g/mol. The van der Waals surface area contributed by atoms with Crippen LogP contribution in [0.1, 0.15) is 97.8 Å². The summed E-state index contributed by atoms with van der Waals surface area (Å²) < 4.78 is 0. The van der Waals surface area contributed by atoms with E-state index in [9.17, 15) is 0 Å². The summed E-state index contributed by atoms with van der Waals surface area (Å²) in [6, 6.07) is 0.643. The number of rotatable bonds is 8. The molecule has 1 heterocycles. The lowest BCUT2D eigenvalue weighted by molar-refractivity contribution is 0.123. The van der Waals surface area contributed by atoms with Gasteiger partial charge in [-0.05, 0) is 112 Å². The fourth-order valence-corrected chi connectivity index (χ4v) is 7.78. The first-order valence-corrected chi connectivity index (χ1v) is 15.2. The molecule has 4 unspecified atom stereocenters. The number of piperidine rings is 1. The molecule has 4 rings (SSSR count). The second-order valence-electron chi connectivity index (χ2n) is 12.9. The van der Waals surface area contributed by atoms with Gasteiger partial charge in [-0.2, -0.15) is 0 Å². The van der Waals surface area contributed by atoms with E-state index in [1.807, 2.05) is 0 Å². The Morgan fingerprint density at radius 2 is 1.61 bits per heavy atom. The summed E-state index contributed by atoms with van der Waals surface area (Å²) in [5, 5.41) is 4.36. The van der Waals surface area contributed by atoms with Crippen LogP contribution >= 0.6 is 11.6 Å². The molecule has 1 N–H and O–H groups in total. The summed E-state index contributed by atoms with van der Waals surface area (Å²) in [7, 11) is 0. The van der Waals surface area contributed by atoms with Gasteiger partial charge in [-0.3, -0.25) is 0 Å². The predicted octanol–water partition coefficient (Wildman–Crippen LogP) is 7.52. The van der Waals surface area contributed by atoms with Gasteiger partial charge >= 0.3 is 0 Å². The molecule has 3 heteroatoms. The Bertz CT molecular complexity index is 588. The zero-order chi connectivity index (χ0) is 23.2. The molecule has 0 aromatic carbocycles. The van der Waals surface area contributed by atoms with Crippen LogP contribution in [0.5, 0.6) is 0 Å². The van der Waals surface area contributed by atoms with Crippen LogP contribution in [0.3, 0.4) is 0 Å². The standard InChI is InChI=1S/C30H53ClN2/c1-22(2)30(21-33-17-15-27(16-18-33)25-11-13-29(31)14-12-25)32-20-24-5-4-6-28(19-24)26-9-7-23(3)8-10-26/h11,13,22-30,32H,4-10,12,14-21H2,1-3H3/t23?,24?,25?,26?,28?,29?,30-/m0/s1. The van der Waals surface area contributed by atoms with Gasteiger partial charge in [0.2, 0.25) is 0 Å². The zero-order valence-corrected chi connectivity index (χ0v) is 22.7. The summed E-state index contributed by atoms with van der Waals surface area (Å²) in [6.07, 6.45) is 21.9. The zero-order valence-electron chi connectivity index (χ0n) is 22.0. The maximum atomic E-state index is 6.27. The molecule has 2 saturated carbocycles. The molecular formula is C30H53ClN2. The Balaban J connectivity index is 1.19. The van der Waals surface area contributed by atoms with E-state index in [1.165, 1.54) is 103 Å². The van der Waals surface area contributed by atoms with Gasteiger partial charge in [-0.1, -0.05) is 58.6 Å². The molecule has 0 aromatic rings. The van der Waals surface area contributed by atoms with Gasteiger partial charge in [0.1, 0.15) is 0 Å². The summed E-state index contributed by atoms with van der Waals surface area (Å²) in [5.74, 6) is 6.35. The average molecular weight is 477 g/mol. The molecule has 1 saturated heterocycles. The number of alkyl halides is 1. The van der Waals surface area contributed by atoms with Gasteiger partial charge in [0.05, 0.1) is 5.38 Å². The highest BCUT2D eigenvalue weighted by molar-refractivity contribution is 6.21. The highest BCUT2D eigenvalue weighted by Gasteiger charge is 2.32. The van der Waals surface area contributed by atoms with Gasteiger partial charge in [-0.25, -0.2) is 0 Å². The monoisotopic (exact) mass is 476 g/mol. The smallest absolute Gasteiger partial charge is 0.0516 e. The van der Waals surface area contributed by atoms with E-state index < -0.39 is 0 Å². The van der Waals surface area contributed by atoms with Gasteiger partial charge in [0.25, 0.3) is 0 Å². The van der Waals surface area contributed by atoms with Crippen molar-refractivity contribution in [3.05, 3.63) is 12.2 Å². The van der Waals surface area contributed by atoms with Crippen molar-refractivity contribution in [2.24, 2.45) is 41.4 Å². The Kier molecular flexibility index (Phi) is 10.1. The number of allylic oxidation sites excluding steroid dienone is 2. The molecule has 0 amide bonds. The van der Waals surface area contributed by atoms with Crippen molar-refractivity contribution in [1.29, 1.82) is 0 Å². The quantitative estimate of drug-likeness (QED) is 0.288. The fourth-order valence-electron chi connectivity index (χ4n) is 7.57. The molecule has 3 aliphatic carbocycles. The van der Waals surface area contributed by atoms with Crippen LogP contribution in [-0.2, 0) is 0 Å². The SMILES string of the molecule is CC1CCC(C2CCCC(CN[C@@H](CN3CCC(C4C=CC(Cl)CC4)CC3)C(C)C)C2)CC1. The van der Waals surface area contributed by atoms with Crippen LogP contribution in [0.2, 0.25) is 0 Å². The molecule has 3 fully saturated rings. The van der Waals surface area contributed by atoms with Crippen molar-refractivity contribution < 1.29 is 0 Å². The van der Waals surface area contributed by atoms with E-state index >= 15 is 0 Å². The molecule has 0 spiro atoms. The van der Waals surface area contributed by atoms with Crippen molar-refractivity contribution in [2.75, 3.05) is 26.2 Å². The van der Waals surface area contributed by atoms with E-state index in [0.29, 0.717) is 12.0 Å². The normalized spacial score (nSPS) is 38.0. The van der Waals surface area contributed by atoms with E-state index in [0.717, 1.165) is 35.5 Å². The van der Waals surface area contributed by atoms with Crippen molar-refractivity contribution in [1.82, 2.24) is 10.2 Å². The van der Waals surface area contributed by atoms with Gasteiger partial charge < -0.3 is 10.2 Å². The highest BCUT2D eigenvalue weighted by atomic mass is 35.5. The topological polar surface area (TPSA) is 15.3 Å². The van der Waals surface area contributed by atoms with Crippen molar-refractivity contribution in [2.45, 2.75) is 109 Å². The van der Waals surface area contributed by atoms with E-state index in [2.05, 4.69) is 43.1 Å². The molecule has 0 bridgehead atoms. The van der Waals surface area contributed by atoms with Crippen molar-refractivity contribution >= 4 is 11.6 Å². The Labute approximate surface area is 210 Å². The van der Waals surface area contributed by atoms with E-state index in [1.54, 1.807) is 0 Å². The van der Waals surface area contributed by atoms with Crippen molar-refractivity contribution in [3.63, 3.8) is 0 Å². The number of halogens is 1. The summed E-state index contributed by atoms with van der Waals surface area (Å²) in [6.45, 7) is 12.4. The molecule has 0 aromatic heterocycles. The second-order valence-corrected chi connectivity index (χ2v) is 13.4. The minimum absolute atomic E-state index is 0.282. The number of nitrogens with zero attached hydrogens (tertiary/aromatic N) is 1. The highest BCUT2D eigenvalue weighted by Crippen LogP contribution is 2.41. The Morgan fingerprint density at radius 1 is 0.848 bits per heavy atom. The van der Waals surface area contributed by atoms with Crippen LogP contribution in [-0.4, -0.2) is 42.5 Å². The van der Waals surface area contributed by atoms with Crippen LogP contribution in [0.15, 0.2) is 12.2 Å². The predicted molar refractivity (Wildman–Crippen MR) is 144 cm³/mol. The fraction of sp³-hybridized carbons (Fsp3) is 0.933. The van der Waals surface area contributed by atoms with Gasteiger partial charge in [0, 0.05) is 12.6 Å².